The van der Waals surface area contributed by atoms with Crippen molar-refractivity contribution < 1.29 is 13.2 Å². The molecule has 0 radical (unpaired) electrons. The fourth-order valence-electron chi connectivity index (χ4n) is 1.72. The van der Waals surface area contributed by atoms with Crippen molar-refractivity contribution in [3.8, 4) is 0 Å². The van der Waals surface area contributed by atoms with Gasteiger partial charge in [0, 0.05) is 18.9 Å². The highest BCUT2D eigenvalue weighted by atomic mass is 19.2. The predicted octanol–water partition coefficient (Wildman–Crippen LogP) is 2.83. The Balaban J connectivity index is 1.83. The molecular weight excluding hydrogens is 253 g/mol. The number of nitrogens with zero attached hydrogens (tertiary/aromatic N) is 1. The third-order valence-electron chi connectivity index (χ3n) is 2.69. The van der Waals surface area contributed by atoms with E-state index in [-0.39, 0.29) is 6.54 Å². The lowest BCUT2D eigenvalue weighted by molar-refractivity contribution is 0.444. The van der Waals surface area contributed by atoms with Crippen LogP contribution in [0.3, 0.4) is 0 Å². The lowest BCUT2D eigenvalue weighted by Crippen LogP contribution is -2.17. The highest BCUT2D eigenvalue weighted by molar-refractivity contribution is 5.19. The van der Waals surface area contributed by atoms with Crippen LogP contribution in [0.4, 0.5) is 13.2 Å². The summed E-state index contributed by atoms with van der Waals surface area (Å²) in [5.74, 6) is -3.76. The van der Waals surface area contributed by atoms with Crippen molar-refractivity contribution in [2.75, 3.05) is 6.54 Å². The van der Waals surface area contributed by atoms with Crippen molar-refractivity contribution in [1.82, 2.24) is 10.3 Å². The van der Waals surface area contributed by atoms with Crippen molar-refractivity contribution in [1.29, 1.82) is 0 Å². The summed E-state index contributed by atoms with van der Waals surface area (Å²) in [6.45, 7) is 0.931. The van der Waals surface area contributed by atoms with E-state index in [9.17, 15) is 13.2 Å². The van der Waals surface area contributed by atoms with Gasteiger partial charge in [0.2, 0.25) is 0 Å². The molecule has 1 heterocycles. The monoisotopic (exact) mass is 266 g/mol. The van der Waals surface area contributed by atoms with Crippen LogP contribution < -0.4 is 5.32 Å². The summed E-state index contributed by atoms with van der Waals surface area (Å²) in [5.41, 5.74) is 1.45. The summed E-state index contributed by atoms with van der Waals surface area (Å²) < 4.78 is 38.7. The Morgan fingerprint density at radius 1 is 1.05 bits per heavy atom. The van der Waals surface area contributed by atoms with Crippen LogP contribution in [0.5, 0.6) is 0 Å². The van der Waals surface area contributed by atoms with E-state index < -0.39 is 17.5 Å². The first-order valence-electron chi connectivity index (χ1n) is 5.90. The first kappa shape index (κ1) is 13.5. The van der Waals surface area contributed by atoms with E-state index in [2.05, 4.69) is 10.3 Å². The predicted molar refractivity (Wildman–Crippen MR) is 66.0 cm³/mol. The molecule has 0 bridgehead atoms. The number of halogens is 3. The zero-order valence-electron chi connectivity index (χ0n) is 10.2. The number of rotatable bonds is 5. The molecule has 0 atom stereocenters. The van der Waals surface area contributed by atoms with Crippen molar-refractivity contribution in [3.63, 3.8) is 0 Å². The van der Waals surface area contributed by atoms with Gasteiger partial charge < -0.3 is 5.32 Å². The van der Waals surface area contributed by atoms with Gasteiger partial charge in [0.25, 0.3) is 0 Å². The van der Waals surface area contributed by atoms with E-state index in [0.717, 1.165) is 24.1 Å². The van der Waals surface area contributed by atoms with E-state index >= 15 is 0 Å². The zero-order valence-corrected chi connectivity index (χ0v) is 10.2. The molecule has 2 nitrogen and oxygen atoms in total. The van der Waals surface area contributed by atoms with Gasteiger partial charge in [-0.1, -0.05) is 6.07 Å². The van der Waals surface area contributed by atoms with Crippen LogP contribution in [0, 0.1) is 17.5 Å². The highest BCUT2D eigenvalue weighted by Gasteiger charge is 2.09. The zero-order chi connectivity index (χ0) is 13.7. The maximum atomic E-state index is 13.0. The van der Waals surface area contributed by atoms with Gasteiger partial charge in [0.05, 0.1) is 0 Å². The minimum Gasteiger partial charge on any atom is -0.312 e. The Labute approximate surface area is 109 Å². The summed E-state index contributed by atoms with van der Waals surface area (Å²) in [6, 6.07) is 5.79. The molecule has 1 N–H and O–H groups in total. The van der Waals surface area contributed by atoms with Crippen LogP contribution in [-0.2, 0) is 13.0 Å². The van der Waals surface area contributed by atoms with Gasteiger partial charge in [-0.15, -0.1) is 0 Å². The number of hydrogen-bond donors (Lipinski definition) is 1. The Morgan fingerprint density at radius 3 is 2.42 bits per heavy atom. The largest absolute Gasteiger partial charge is 0.312 e. The summed E-state index contributed by atoms with van der Waals surface area (Å²) in [7, 11) is 0. The smallest absolute Gasteiger partial charge is 0.194 e. The van der Waals surface area contributed by atoms with E-state index in [1.807, 2.05) is 12.1 Å². The molecule has 2 aromatic rings. The van der Waals surface area contributed by atoms with E-state index in [4.69, 9.17) is 0 Å². The van der Waals surface area contributed by atoms with Crippen LogP contribution in [-0.4, -0.2) is 11.5 Å². The van der Waals surface area contributed by atoms with E-state index in [1.54, 1.807) is 12.4 Å². The van der Waals surface area contributed by atoms with Crippen LogP contribution in [0.2, 0.25) is 0 Å². The molecule has 0 fully saturated rings. The number of nitrogens with one attached hydrogen (secondary N) is 1. The number of aromatic nitrogens is 1. The molecule has 1 aromatic heterocycles. The molecule has 0 amide bonds. The van der Waals surface area contributed by atoms with E-state index in [1.165, 1.54) is 0 Å². The molecule has 2 rings (SSSR count). The molecule has 0 aliphatic heterocycles. The topological polar surface area (TPSA) is 24.9 Å². The SMILES string of the molecule is Fc1cc(CNCCc2cccnc2)cc(F)c1F. The second-order valence-corrected chi connectivity index (χ2v) is 4.16. The van der Waals surface area contributed by atoms with Crippen LogP contribution in [0.25, 0.3) is 0 Å². The van der Waals surface area contributed by atoms with Crippen LogP contribution >= 0.6 is 0 Å². The third-order valence-corrected chi connectivity index (χ3v) is 2.69. The van der Waals surface area contributed by atoms with Gasteiger partial charge in [0.1, 0.15) is 0 Å². The highest BCUT2D eigenvalue weighted by Crippen LogP contribution is 2.13. The molecule has 0 aliphatic rings. The summed E-state index contributed by atoms with van der Waals surface area (Å²) in [5, 5.41) is 3.04. The molecular formula is C14H13F3N2. The molecule has 1 aromatic carbocycles. The second kappa shape index (κ2) is 6.33. The Kier molecular flexibility index (Phi) is 4.52. The first-order chi connectivity index (χ1) is 9.16. The van der Waals surface area contributed by atoms with Gasteiger partial charge in [-0.25, -0.2) is 13.2 Å². The van der Waals surface area contributed by atoms with Gasteiger partial charge in [-0.3, -0.25) is 4.98 Å². The average Bonchev–Trinajstić information content (AvgIpc) is 2.42. The van der Waals surface area contributed by atoms with Crippen molar-refractivity contribution >= 4 is 0 Å². The van der Waals surface area contributed by atoms with Gasteiger partial charge >= 0.3 is 0 Å². The summed E-state index contributed by atoms with van der Waals surface area (Å²) >= 11 is 0. The fraction of sp³-hybridized carbons (Fsp3) is 0.214. The molecule has 19 heavy (non-hydrogen) atoms. The molecule has 100 valence electrons. The second-order valence-electron chi connectivity index (χ2n) is 4.16. The maximum Gasteiger partial charge on any atom is 0.194 e. The normalized spacial score (nSPS) is 10.7. The molecule has 5 heteroatoms. The Hall–Kier alpha value is -1.88. The molecule has 0 saturated carbocycles. The minimum atomic E-state index is -1.43. The summed E-state index contributed by atoms with van der Waals surface area (Å²) in [4.78, 5) is 3.99. The third kappa shape index (κ3) is 3.79. The van der Waals surface area contributed by atoms with Crippen molar-refractivity contribution in [3.05, 3.63) is 65.2 Å². The number of benzene rings is 1. The number of pyridine rings is 1. The van der Waals surface area contributed by atoms with Crippen molar-refractivity contribution in [2.45, 2.75) is 13.0 Å². The fourth-order valence-corrected chi connectivity index (χ4v) is 1.72. The molecule has 0 saturated heterocycles. The van der Waals surface area contributed by atoms with Gasteiger partial charge in [0.15, 0.2) is 17.5 Å². The maximum absolute atomic E-state index is 13.0. The van der Waals surface area contributed by atoms with Crippen LogP contribution in [0.1, 0.15) is 11.1 Å². The average molecular weight is 266 g/mol. The van der Waals surface area contributed by atoms with Crippen molar-refractivity contribution in [2.24, 2.45) is 0 Å². The molecule has 0 unspecified atom stereocenters. The standard InChI is InChI=1S/C14H13F3N2/c15-12-6-11(7-13(16)14(12)17)9-19-5-3-10-2-1-4-18-8-10/h1-2,4,6-8,19H,3,5,9H2. The molecule has 0 aliphatic carbocycles. The minimum absolute atomic E-state index is 0.286. The van der Waals surface area contributed by atoms with E-state index in [0.29, 0.717) is 12.1 Å². The number of hydrogen-bond acceptors (Lipinski definition) is 2. The van der Waals surface area contributed by atoms with Gasteiger partial charge in [-0.2, -0.15) is 0 Å². The Morgan fingerprint density at radius 2 is 1.79 bits per heavy atom. The Bertz CT molecular complexity index is 521. The lowest BCUT2D eigenvalue weighted by Gasteiger charge is -2.06. The van der Waals surface area contributed by atoms with Gasteiger partial charge in [-0.05, 0) is 42.3 Å². The lowest BCUT2D eigenvalue weighted by atomic mass is 10.2. The van der Waals surface area contributed by atoms with Crippen LogP contribution in [0.15, 0.2) is 36.7 Å². The summed E-state index contributed by atoms with van der Waals surface area (Å²) in [6.07, 6.45) is 4.22. The molecule has 0 spiro atoms. The first-order valence-corrected chi connectivity index (χ1v) is 5.90. The quantitative estimate of drug-likeness (QED) is 0.665.